The van der Waals surface area contributed by atoms with Crippen molar-refractivity contribution in [1.29, 1.82) is 0 Å². The Morgan fingerprint density at radius 3 is 2.88 bits per heavy atom. The van der Waals surface area contributed by atoms with E-state index in [0.717, 1.165) is 23.1 Å². The third-order valence-corrected chi connectivity index (χ3v) is 3.71. The van der Waals surface area contributed by atoms with E-state index in [1.807, 2.05) is 12.3 Å². The number of anilines is 1. The standard InChI is InChI=1S/C13H12BrIN2/c14-12-8-11(15)3-4-13(12)17-7-5-10-2-1-6-16-9-10/h1-4,6,8-9,17H,5,7H2. The smallest absolute Gasteiger partial charge is 0.0485 e. The molecule has 0 aliphatic carbocycles. The molecular formula is C13H12BrIN2. The third kappa shape index (κ3) is 3.96. The van der Waals surface area contributed by atoms with Gasteiger partial charge >= 0.3 is 0 Å². The number of aromatic nitrogens is 1. The molecule has 2 rings (SSSR count). The first-order valence-corrected chi connectivity index (χ1v) is 7.21. The van der Waals surface area contributed by atoms with Gasteiger partial charge in [-0.2, -0.15) is 0 Å². The number of nitrogens with one attached hydrogen (secondary N) is 1. The summed E-state index contributed by atoms with van der Waals surface area (Å²) in [5.74, 6) is 0. The Bertz CT molecular complexity index is 488. The lowest BCUT2D eigenvalue weighted by atomic mass is 10.2. The maximum atomic E-state index is 4.10. The van der Waals surface area contributed by atoms with Crippen molar-refractivity contribution in [1.82, 2.24) is 4.98 Å². The maximum absolute atomic E-state index is 4.10. The number of benzene rings is 1. The summed E-state index contributed by atoms with van der Waals surface area (Å²) in [4.78, 5) is 4.10. The molecule has 0 radical (unpaired) electrons. The Balaban J connectivity index is 1.90. The maximum Gasteiger partial charge on any atom is 0.0485 e. The predicted molar refractivity (Wildman–Crippen MR) is 83.3 cm³/mol. The zero-order chi connectivity index (χ0) is 12.1. The van der Waals surface area contributed by atoms with Crippen molar-refractivity contribution in [2.24, 2.45) is 0 Å². The van der Waals surface area contributed by atoms with Gasteiger partial charge in [0.25, 0.3) is 0 Å². The Morgan fingerprint density at radius 1 is 1.29 bits per heavy atom. The van der Waals surface area contributed by atoms with Crippen molar-refractivity contribution in [3.63, 3.8) is 0 Å². The molecule has 0 bridgehead atoms. The highest BCUT2D eigenvalue weighted by atomic mass is 127. The van der Waals surface area contributed by atoms with Crippen LogP contribution in [0.15, 0.2) is 47.2 Å². The summed E-state index contributed by atoms with van der Waals surface area (Å²) in [5.41, 5.74) is 2.39. The summed E-state index contributed by atoms with van der Waals surface area (Å²) in [6, 6.07) is 10.4. The van der Waals surface area contributed by atoms with Crippen molar-refractivity contribution in [3.8, 4) is 0 Å². The number of pyridine rings is 1. The van der Waals surface area contributed by atoms with Gasteiger partial charge in [-0.25, -0.2) is 0 Å². The summed E-state index contributed by atoms with van der Waals surface area (Å²) in [7, 11) is 0. The van der Waals surface area contributed by atoms with Crippen LogP contribution in [0.1, 0.15) is 5.56 Å². The zero-order valence-corrected chi connectivity index (χ0v) is 12.9. The molecule has 0 aliphatic heterocycles. The van der Waals surface area contributed by atoms with Gasteiger partial charge in [-0.3, -0.25) is 4.98 Å². The number of rotatable bonds is 4. The molecule has 0 fully saturated rings. The number of hydrogen-bond donors (Lipinski definition) is 1. The van der Waals surface area contributed by atoms with E-state index in [1.165, 1.54) is 9.13 Å². The SMILES string of the molecule is Brc1cc(I)ccc1NCCc1cccnc1. The van der Waals surface area contributed by atoms with Crippen LogP contribution in [-0.4, -0.2) is 11.5 Å². The normalized spacial score (nSPS) is 10.2. The molecule has 1 N–H and O–H groups in total. The quantitative estimate of drug-likeness (QED) is 0.778. The van der Waals surface area contributed by atoms with Crippen LogP contribution in [-0.2, 0) is 6.42 Å². The summed E-state index contributed by atoms with van der Waals surface area (Å²) in [6.07, 6.45) is 4.68. The van der Waals surface area contributed by atoms with Gasteiger partial charge in [0.1, 0.15) is 0 Å². The molecule has 1 aromatic heterocycles. The lowest BCUT2D eigenvalue weighted by Gasteiger charge is -2.08. The van der Waals surface area contributed by atoms with E-state index in [1.54, 1.807) is 6.20 Å². The molecule has 1 aromatic carbocycles. The number of halogens is 2. The van der Waals surface area contributed by atoms with Crippen LogP contribution in [0, 0.1) is 3.57 Å². The monoisotopic (exact) mass is 402 g/mol. The first-order valence-electron chi connectivity index (χ1n) is 5.33. The highest BCUT2D eigenvalue weighted by Crippen LogP contribution is 2.24. The third-order valence-electron chi connectivity index (χ3n) is 2.38. The molecule has 2 aromatic rings. The zero-order valence-electron chi connectivity index (χ0n) is 9.16. The van der Waals surface area contributed by atoms with Gasteiger partial charge in [0, 0.05) is 32.7 Å². The molecular weight excluding hydrogens is 391 g/mol. The molecule has 2 nitrogen and oxygen atoms in total. The van der Waals surface area contributed by atoms with Gasteiger partial charge in [0.2, 0.25) is 0 Å². The van der Waals surface area contributed by atoms with Crippen LogP contribution in [0.2, 0.25) is 0 Å². The average Bonchev–Trinajstić information content (AvgIpc) is 2.33. The van der Waals surface area contributed by atoms with Gasteiger partial charge in [0.15, 0.2) is 0 Å². The second-order valence-corrected chi connectivity index (χ2v) is 5.76. The van der Waals surface area contributed by atoms with Gasteiger partial charge in [-0.15, -0.1) is 0 Å². The molecule has 0 saturated carbocycles. The van der Waals surface area contributed by atoms with E-state index in [2.05, 4.69) is 73.1 Å². The summed E-state index contributed by atoms with van der Waals surface area (Å²) < 4.78 is 2.34. The van der Waals surface area contributed by atoms with Crippen LogP contribution in [0.4, 0.5) is 5.69 Å². The van der Waals surface area contributed by atoms with Gasteiger partial charge < -0.3 is 5.32 Å². The molecule has 0 amide bonds. The number of hydrogen-bond acceptors (Lipinski definition) is 2. The molecule has 0 saturated heterocycles. The molecule has 0 spiro atoms. The summed E-state index contributed by atoms with van der Waals surface area (Å²) >= 11 is 5.86. The van der Waals surface area contributed by atoms with Gasteiger partial charge in [-0.1, -0.05) is 6.07 Å². The molecule has 0 aliphatic rings. The van der Waals surface area contributed by atoms with Crippen molar-refractivity contribution in [2.75, 3.05) is 11.9 Å². The minimum absolute atomic E-state index is 0.908. The Labute approximate surface area is 123 Å². The van der Waals surface area contributed by atoms with Gasteiger partial charge in [-0.05, 0) is 74.8 Å². The minimum Gasteiger partial charge on any atom is -0.384 e. The van der Waals surface area contributed by atoms with E-state index in [4.69, 9.17) is 0 Å². The van der Waals surface area contributed by atoms with Crippen LogP contribution < -0.4 is 5.32 Å². The van der Waals surface area contributed by atoms with Gasteiger partial charge in [0.05, 0.1) is 0 Å². The lowest BCUT2D eigenvalue weighted by Crippen LogP contribution is -2.05. The molecule has 0 unspecified atom stereocenters. The van der Waals surface area contributed by atoms with E-state index >= 15 is 0 Å². The van der Waals surface area contributed by atoms with Crippen LogP contribution in [0.3, 0.4) is 0 Å². The topological polar surface area (TPSA) is 24.9 Å². The Kier molecular flexibility index (Phi) is 4.79. The number of nitrogens with zero attached hydrogens (tertiary/aromatic N) is 1. The predicted octanol–water partition coefficient (Wildman–Crippen LogP) is 4.10. The van der Waals surface area contributed by atoms with Crippen LogP contribution in [0.5, 0.6) is 0 Å². The molecule has 0 atom stereocenters. The van der Waals surface area contributed by atoms with Crippen molar-refractivity contribution < 1.29 is 0 Å². The molecule has 17 heavy (non-hydrogen) atoms. The minimum atomic E-state index is 0.908. The first-order chi connectivity index (χ1) is 8.25. The van der Waals surface area contributed by atoms with E-state index in [9.17, 15) is 0 Å². The van der Waals surface area contributed by atoms with Crippen LogP contribution >= 0.6 is 38.5 Å². The van der Waals surface area contributed by atoms with Crippen molar-refractivity contribution >= 4 is 44.2 Å². The van der Waals surface area contributed by atoms with E-state index in [-0.39, 0.29) is 0 Å². The fourth-order valence-corrected chi connectivity index (χ4v) is 2.96. The Morgan fingerprint density at radius 2 is 2.18 bits per heavy atom. The highest BCUT2D eigenvalue weighted by molar-refractivity contribution is 14.1. The van der Waals surface area contributed by atoms with E-state index in [0.29, 0.717) is 0 Å². The van der Waals surface area contributed by atoms with Crippen LogP contribution in [0.25, 0.3) is 0 Å². The highest BCUT2D eigenvalue weighted by Gasteiger charge is 1.99. The summed E-state index contributed by atoms with van der Waals surface area (Å²) in [6.45, 7) is 0.908. The lowest BCUT2D eigenvalue weighted by molar-refractivity contribution is 1.00. The molecule has 4 heteroatoms. The first kappa shape index (κ1) is 12.8. The van der Waals surface area contributed by atoms with Crippen molar-refractivity contribution in [3.05, 3.63) is 56.3 Å². The van der Waals surface area contributed by atoms with E-state index < -0.39 is 0 Å². The summed E-state index contributed by atoms with van der Waals surface area (Å²) in [5, 5.41) is 3.41. The molecule has 1 heterocycles. The Hall–Kier alpha value is -0.620. The molecule has 88 valence electrons. The fraction of sp³-hybridized carbons (Fsp3) is 0.154. The second-order valence-electron chi connectivity index (χ2n) is 3.66. The average molecular weight is 403 g/mol. The van der Waals surface area contributed by atoms with Crippen molar-refractivity contribution in [2.45, 2.75) is 6.42 Å². The largest absolute Gasteiger partial charge is 0.384 e. The second kappa shape index (κ2) is 6.35. The fourth-order valence-electron chi connectivity index (χ4n) is 1.52.